The van der Waals surface area contributed by atoms with Gasteiger partial charge in [0.15, 0.2) is 5.82 Å². The number of rotatable bonds is 6. The second-order valence-electron chi connectivity index (χ2n) is 16.0. The quantitative estimate of drug-likeness (QED) is 0.168. The van der Waals surface area contributed by atoms with E-state index >= 15 is 0 Å². The van der Waals surface area contributed by atoms with E-state index in [0.717, 1.165) is 73.0 Å². The van der Waals surface area contributed by atoms with Gasteiger partial charge in [0.1, 0.15) is 11.5 Å². The molecule has 0 atom stereocenters. The predicted octanol–water partition coefficient (Wildman–Crippen LogP) is 14.9. The first kappa shape index (κ1) is 35.8. The average molecular weight is 791 g/mol. The molecule has 0 bridgehead atoms. The fraction of sp³-hybridized carbons (Fsp3) is 0.0169. The zero-order chi connectivity index (χ0) is 41.0. The van der Waals surface area contributed by atoms with E-state index in [-0.39, 0.29) is 0 Å². The Morgan fingerprint density at radius 1 is 0.290 bits per heavy atom. The SMILES string of the molecule is c1ccc(-c2ccc(-c3cc(-c4ccc(-c5ccccc5)cc4)nc(-c4cccc(-c5cccc6c5C5(c7ccccc7O6)c6ccccc6-c6ccccc65)c4)n3)cc2)cc1. The topological polar surface area (TPSA) is 35.0 Å². The van der Waals surface area contributed by atoms with Gasteiger partial charge in [-0.15, -0.1) is 0 Å². The molecule has 9 aromatic carbocycles. The maximum atomic E-state index is 6.85. The first-order valence-corrected chi connectivity index (χ1v) is 21.1. The van der Waals surface area contributed by atoms with Crippen molar-refractivity contribution in [1.29, 1.82) is 0 Å². The van der Waals surface area contributed by atoms with Crippen molar-refractivity contribution >= 4 is 0 Å². The smallest absolute Gasteiger partial charge is 0.160 e. The van der Waals surface area contributed by atoms with Crippen LogP contribution in [-0.4, -0.2) is 9.97 Å². The number of hydrogen-bond acceptors (Lipinski definition) is 3. The summed E-state index contributed by atoms with van der Waals surface area (Å²) in [5.41, 5.74) is 18.3. The van der Waals surface area contributed by atoms with Crippen LogP contribution in [0.25, 0.3) is 78.4 Å². The summed E-state index contributed by atoms with van der Waals surface area (Å²) in [5.74, 6) is 2.40. The van der Waals surface area contributed by atoms with Gasteiger partial charge in [-0.1, -0.05) is 206 Å². The van der Waals surface area contributed by atoms with Crippen molar-refractivity contribution in [3.63, 3.8) is 0 Å². The monoisotopic (exact) mass is 790 g/mol. The van der Waals surface area contributed by atoms with E-state index < -0.39 is 5.41 Å². The van der Waals surface area contributed by atoms with E-state index in [1.807, 2.05) is 12.1 Å². The highest BCUT2D eigenvalue weighted by atomic mass is 16.5. The molecule has 0 saturated carbocycles. The molecule has 1 spiro atoms. The van der Waals surface area contributed by atoms with E-state index in [2.05, 4.69) is 218 Å². The summed E-state index contributed by atoms with van der Waals surface area (Å²) >= 11 is 0. The molecular formula is C59H38N2O. The maximum Gasteiger partial charge on any atom is 0.160 e. The molecule has 0 unspecified atom stereocenters. The second-order valence-corrected chi connectivity index (χ2v) is 16.0. The fourth-order valence-electron chi connectivity index (χ4n) is 9.78. The summed E-state index contributed by atoms with van der Waals surface area (Å²) < 4.78 is 6.85. The van der Waals surface area contributed by atoms with Crippen molar-refractivity contribution in [2.24, 2.45) is 0 Å². The molecular weight excluding hydrogens is 753 g/mol. The molecule has 3 heteroatoms. The second kappa shape index (κ2) is 14.5. The summed E-state index contributed by atoms with van der Waals surface area (Å²) in [6.07, 6.45) is 0. The summed E-state index contributed by atoms with van der Waals surface area (Å²) in [6, 6.07) is 81.9. The van der Waals surface area contributed by atoms with Gasteiger partial charge in [-0.25, -0.2) is 9.97 Å². The Labute approximate surface area is 361 Å². The lowest BCUT2D eigenvalue weighted by atomic mass is 9.64. The van der Waals surface area contributed by atoms with Gasteiger partial charge in [0, 0.05) is 27.8 Å². The third kappa shape index (κ3) is 5.74. The molecule has 3 nitrogen and oxygen atoms in total. The predicted molar refractivity (Wildman–Crippen MR) is 252 cm³/mol. The van der Waals surface area contributed by atoms with Crippen LogP contribution in [0.15, 0.2) is 231 Å². The number of fused-ring (bicyclic) bond motifs is 9. The number of para-hydroxylation sites is 1. The van der Waals surface area contributed by atoms with Crippen molar-refractivity contribution in [3.8, 4) is 89.9 Å². The van der Waals surface area contributed by atoms with E-state index in [1.54, 1.807) is 0 Å². The molecule has 0 amide bonds. The summed E-state index contributed by atoms with van der Waals surface area (Å²) in [5, 5.41) is 0. The van der Waals surface area contributed by atoms with Gasteiger partial charge in [-0.3, -0.25) is 0 Å². The minimum absolute atomic E-state index is 0.592. The van der Waals surface area contributed by atoms with Crippen molar-refractivity contribution in [1.82, 2.24) is 9.97 Å². The third-order valence-corrected chi connectivity index (χ3v) is 12.6. The van der Waals surface area contributed by atoms with Crippen LogP contribution in [0.3, 0.4) is 0 Å². The summed E-state index contributed by atoms with van der Waals surface area (Å²) in [7, 11) is 0. The van der Waals surface area contributed by atoms with Crippen LogP contribution in [0.1, 0.15) is 22.3 Å². The lowest BCUT2D eigenvalue weighted by molar-refractivity contribution is 0.437. The van der Waals surface area contributed by atoms with Crippen LogP contribution in [0.2, 0.25) is 0 Å². The molecule has 62 heavy (non-hydrogen) atoms. The molecule has 0 N–H and O–H groups in total. The van der Waals surface area contributed by atoms with Gasteiger partial charge >= 0.3 is 0 Å². The molecule has 290 valence electrons. The van der Waals surface area contributed by atoms with Gasteiger partial charge in [0.05, 0.1) is 16.8 Å². The van der Waals surface area contributed by atoms with Crippen LogP contribution < -0.4 is 4.74 Å². The lowest BCUT2D eigenvalue weighted by Crippen LogP contribution is -2.32. The highest BCUT2D eigenvalue weighted by molar-refractivity contribution is 5.92. The lowest BCUT2D eigenvalue weighted by Gasteiger charge is -2.40. The van der Waals surface area contributed by atoms with Crippen LogP contribution in [0.5, 0.6) is 11.5 Å². The zero-order valence-electron chi connectivity index (χ0n) is 33.7. The molecule has 2 heterocycles. The van der Waals surface area contributed by atoms with Crippen molar-refractivity contribution in [2.45, 2.75) is 5.41 Å². The minimum atomic E-state index is -0.592. The molecule has 0 saturated heterocycles. The standard InChI is InChI=1S/C59H38N2O/c1-3-15-39(16-4-1)41-29-33-43(34-30-41)53-38-54(44-35-31-42(32-36-44)40-17-5-2-6-18-40)61-58(60-53)46-20-13-19-45(37-46)47-23-14-28-56-57(47)59(52-26-11-12-27-55(52)62-56)50-24-9-7-21-48(50)49-22-8-10-25-51(49)59/h1-38H. The third-order valence-electron chi connectivity index (χ3n) is 12.6. The van der Waals surface area contributed by atoms with Crippen LogP contribution in [-0.2, 0) is 5.41 Å². The minimum Gasteiger partial charge on any atom is -0.457 e. The van der Waals surface area contributed by atoms with E-state index in [9.17, 15) is 0 Å². The summed E-state index contributed by atoms with van der Waals surface area (Å²) in [4.78, 5) is 10.6. The van der Waals surface area contributed by atoms with Gasteiger partial charge in [0.25, 0.3) is 0 Å². The first-order valence-electron chi connectivity index (χ1n) is 21.1. The number of hydrogen-bond donors (Lipinski definition) is 0. The largest absolute Gasteiger partial charge is 0.457 e. The summed E-state index contributed by atoms with van der Waals surface area (Å²) in [6.45, 7) is 0. The number of aromatic nitrogens is 2. The highest BCUT2D eigenvalue weighted by Gasteiger charge is 2.52. The Kier molecular flexibility index (Phi) is 8.39. The van der Waals surface area contributed by atoms with Crippen LogP contribution in [0.4, 0.5) is 0 Å². The van der Waals surface area contributed by atoms with Crippen molar-refractivity contribution in [3.05, 3.63) is 253 Å². The van der Waals surface area contributed by atoms with Crippen molar-refractivity contribution < 1.29 is 4.74 Å². The number of benzene rings is 9. The van der Waals surface area contributed by atoms with Crippen LogP contribution >= 0.6 is 0 Å². The Balaban J connectivity index is 1.02. The first-order chi connectivity index (χ1) is 30.7. The van der Waals surface area contributed by atoms with Crippen LogP contribution in [0, 0.1) is 0 Å². The Hall–Kier alpha value is -8.14. The molecule has 0 radical (unpaired) electrons. The molecule has 2 aliphatic rings. The molecule has 12 rings (SSSR count). The fourth-order valence-corrected chi connectivity index (χ4v) is 9.78. The Bertz CT molecular complexity index is 3150. The van der Waals surface area contributed by atoms with Gasteiger partial charge in [-0.05, 0) is 79.9 Å². The molecule has 0 fully saturated rings. The molecule has 10 aromatic rings. The molecule has 1 aliphatic heterocycles. The van der Waals surface area contributed by atoms with E-state index in [0.29, 0.717) is 5.82 Å². The van der Waals surface area contributed by atoms with E-state index in [1.165, 1.54) is 33.4 Å². The zero-order valence-corrected chi connectivity index (χ0v) is 33.7. The molecule has 1 aliphatic carbocycles. The number of nitrogens with zero attached hydrogens (tertiary/aromatic N) is 2. The normalized spacial score (nSPS) is 12.8. The van der Waals surface area contributed by atoms with Gasteiger partial charge in [-0.2, -0.15) is 0 Å². The van der Waals surface area contributed by atoms with Gasteiger partial charge < -0.3 is 4.74 Å². The number of ether oxygens (including phenoxy) is 1. The average Bonchev–Trinajstić information content (AvgIpc) is 3.64. The highest BCUT2D eigenvalue weighted by Crippen LogP contribution is 2.63. The molecule has 1 aromatic heterocycles. The van der Waals surface area contributed by atoms with Crippen molar-refractivity contribution in [2.75, 3.05) is 0 Å². The maximum absolute atomic E-state index is 6.85. The van der Waals surface area contributed by atoms with Gasteiger partial charge in [0.2, 0.25) is 0 Å². The Morgan fingerprint density at radius 2 is 0.710 bits per heavy atom. The van der Waals surface area contributed by atoms with E-state index in [4.69, 9.17) is 14.7 Å². The Morgan fingerprint density at radius 3 is 1.31 bits per heavy atom.